The fourth-order valence-electron chi connectivity index (χ4n) is 3.78. The highest BCUT2D eigenvalue weighted by molar-refractivity contribution is 5.93. The quantitative estimate of drug-likeness (QED) is 0.677. The van der Waals surface area contributed by atoms with E-state index in [1.807, 2.05) is 0 Å². The summed E-state index contributed by atoms with van der Waals surface area (Å²) in [5.41, 5.74) is 5.91. The molecule has 0 heterocycles. The van der Waals surface area contributed by atoms with Crippen molar-refractivity contribution < 1.29 is 0 Å². The Hall–Kier alpha value is -2.34. The molecular weight excluding hydrogens is 240 g/mol. The largest absolute Gasteiger partial charge is 0.0617 e. The highest BCUT2D eigenvalue weighted by Crippen LogP contribution is 2.32. The first-order chi connectivity index (χ1) is 9.90. The van der Waals surface area contributed by atoms with Crippen molar-refractivity contribution in [1.29, 1.82) is 0 Å². The minimum atomic E-state index is 1.07. The number of rotatable bonds is 0. The topological polar surface area (TPSA) is 0 Å². The molecule has 0 fully saturated rings. The van der Waals surface area contributed by atoms with Gasteiger partial charge >= 0.3 is 0 Å². The second-order valence-corrected chi connectivity index (χ2v) is 5.84. The fourth-order valence-corrected chi connectivity index (χ4v) is 3.78. The minimum Gasteiger partial charge on any atom is -0.0617 e. The van der Waals surface area contributed by atoms with Gasteiger partial charge in [-0.15, -0.1) is 0 Å². The molecule has 0 aliphatic heterocycles. The van der Waals surface area contributed by atoms with E-state index in [4.69, 9.17) is 0 Å². The zero-order chi connectivity index (χ0) is 13.1. The molecule has 3 aliphatic carbocycles. The van der Waals surface area contributed by atoms with Crippen LogP contribution in [0, 0.1) is 0 Å². The second-order valence-electron chi connectivity index (χ2n) is 5.84. The van der Waals surface area contributed by atoms with Crippen LogP contribution in [0.1, 0.15) is 12.0 Å². The normalized spacial score (nSPS) is 18.3. The van der Waals surface area contributed by atoms with E-state index in [1.165, 1.54) is 43.5 Å². The summed E-state index contributed by atoms with van der Waals surface area (Å²) in [4.78, 5) is 0. The van der Waals surface area contributed by atoms with Crippen LogP contribution in [0.4, 0.5) is 0 Å². The van der Waals surface area contributed by atoms with E-state index in [0.717, 1.165) is 12.8 Å². The summed E-state index contributed by atoms with van der Waals surface area (Å²) in [6.45, 7) is 0. The maximum atomic E-state index is 2.31. The van der Waals surface area contributed by atoms with Gasteiger partial charge in [0.25, 0.3) is 0 Å². The van der Waals surface area contributed by atoms with Gasteiger partial charge < -0.3 is 0 Å². The average molecular weight is 254 g/mol. The lowest BCUT2D eigenvalue weighted by atomic mass is 9.84. The number of hydrogen-bond acceptors (Lipinski definition) is 0. The van der Waals surface area contributed by atoms with Crippen LogP contribution in [0.3, 0.4) is 0 Å². The van der Waals surface area contributed by atoms with E-state index < -0.39 is 0 Å². The maximum absolute atomic E-state index is 2.31. The van der Waals surface area contributed by atoms with Crippen LogP contribution in [0.15, 0.2) is 65.8 Å². The van der Waals surface area contributed by atoms with E-state index in [1.54, 1.807) is 0 Å². The van der Waals surface area contributed by atoms with Gasteiger partial charge in [0.05, 0.1) is 0 Å². The highest BCUT2D eigenvalue weighted by atomic mass is 14.2. The zero-order valence-electron chi connectivity index (χ0n) is 11.2. The van der Waals surface area contributed by atoms with E-state index in [-0.39, 0.29) is 0 Å². The Balaban J connectivity index is 2.14. The lowest BCUT2D eigenvalue weighted by Gasteiger charge is -2.20. The van der Waals surface area contributed by atoms with Gasteiger partial charge in [0.1, 0.15) is 0 Å². The third-order valence-corrected chi connectivity index (χ3v) is 4.70. The smallest absolute Gasteiger partial charge is 0.00163 e. The Morgan fingerprint density at radius 3 is 2.85 bits per heavy atom. The Morgan fingerprint density at radius 1 is 0.850 bits per heavy atom. The molecule has 3 aliphatic rings. The van der Waals surface area contributed by atoms with Crippen molar-refractivity contribution in [1.82, 2.24) is 0 Å². The molecular formula is C20H14. The van der Waals surface area contributed by atoms with E-state index >= 15 is 0 Å². The zero-order valence-corrected chi connectivity index (χ0v) is 11.2. The van der Waals surface area contributed by atoms with Gasteiger partial charge in [-0.25, -0.2) is 0 Å². The summed E-state index contributed by atoms with van der Waals surface area (Å²) >= 11 is 0. The molecule has 2 aromatic rings. The lowest BCUT2D eigenvalue weighted by molar-refractivity contribution is 1.15. The molecule has 94 valence electrons. The molecule has 0 nitrogen and oxygen atoms in total. The van der Waals surface area contributed by atoms with Crippen molar-refractivity contribution in [3.05, 3.63) is 81.8 Å². The second kappa shape index (κ2) is 3.61. The van der Waals surface area contributed by atoms with E-state index in [2.05, 4.69) is 60.7 Å². The molecule has 0 atom stereocenters. The summed E-state index contributed by atoms with van der Waals surface area (Å²) in [6.07, 6.45) is 13.5. The summed E-state index contributed by atoms with van der Waals surface area (Å²) < 4.78 is 0. The first kappa shape index (κ1) is 10.4. The lowest BCUT2D eigenvalue weighted by Crippen LogP contribution is -2.31. The third-order valence-electron chi connectivity index (χ3n) is 4.70. The van der Waals surface area contributed by atoms with E-state index in [9.17, 15) is 0 Å². The van der Waals surface area contributed by atoms with Crippen LogP contribution in [0.2, 0.25) is 0 Å². The molecule has 0 radical (unpaired) electrons. The van der Waals surface area contributed by atoms with Crippen LogP contribution in [-0.4, -0.2) is 0 Å². The summed E-state index contributed by atoms with van der Waals surface area (Å²) in [5, 5.41) is 5.70. The van der Waals surface area contributed by atoms with Crippen LogP contribution in [0.5, 0.6) is 0 Å². The molecule has 0 saturated heterocycles. The van der Waals surface area contributed by atoms with Crippen molar-refractivity contribution in [3.8, 4) is 0 Å². The van der Waals surface area contributed by atoms with Gasteiger partial charge in [-0.05, 0) is 56.3 Å². The molecule has 0 aromatic heterocycles. The third kappa shape index (κ3) is 1.26. The predicted molar refractivity (Wildman–Crippen MR) is 84.7 cm³/mol. The van der Waals surface area contributed by atoms with Gasteiger partial charge in [-0.3, -0.25) is 0 Å². The van der Waals surface area contributed by atoms with Crippen LogP contribution in [0.25, 0.3) is 22.4 Å². The molecule has 2 aromatic carbocycles. The molecule has 0 saturated carbocycles. The molecule has 5 rings (SSSR count). The molecule has 2 bridgehead atoms. The summed E-state index contributed by atoms with van der Waals surface area (Å²) in [7, 11) is 0. The summed E-state index contributed by atoms with van der Waals surface area (Å²) in [6, 6.07) is 11.2. The van der Waals surface area contributed by atoms with Crippen molar-refractivity contribution in [2.75, 3.05) is 0 Å². The monoisotopic (exact) mass is 254 g/mol. The number of benzene rings is 2. The molecule has 0 unspecified atom stereocenters. The van der Waals surface area contributed by atoms with Crippen LogP contribution >= 0.6 is 0 Å². The van der Waals surface area contributed by atoms with Gasteiger partial charge in [0.15, 0.2) is 0 Å². The SMILES string of the molecule is C1=CC2=CC=c3ccc4cccc5c4c3=C(C2)C(=C1)C5. The fraction of sp³-hybridized carbons (Fsp3) is 0.100. The minimum absolute atomic E-state index is 1.07. The Kier molecular flexibility index (Phi) is 1.88. The van der Waals surface area contributed by atoms with Gasteiger partial charge in [-0.2, -0.15) is 0 Å². The van der Waals surface area contributed by atoms with Crippen molar-refractivity contribution in [3.63, 3.8) is 0 Å². The Bertz CT molecular complexity index is 979. The molecule has 0 N–H and O–H groups in total. The highest BCUT2D eigenvalue weighted by Gasteiger charge is 2.20. The number of allylic oxidation sites excluding steroid dienone is 6. The standard InChI is InChI=1S/C20H14/c1-3-13-7-8-15-10-9-14-4-2-6-17-12-16(5-1)18(11-13)20(15)19(14)17/h1-10H,11-12H2. The van der Waals surface area contributed by atoms with Gasteiger partial charge in [0.2, 0.25) is 0 Å². The van der Waals surface area contributed by atoms with E-state index in [0.29, 0.717) is 0 Å². The van der Waals surface area contributed by atoms with Gasteiger partial charge in [0, 0.05) is 0 Å². The van der Waals surface area contributed by atoms with Crippen LogP contribution in [-0.2, 0) is 6.42 Å². The maximum Gasteiger partial charge on any atom is -0.00163 e. The molecule has 0 heteroatoms. The number of hydrogen-bond donors (Lipinski definition) is 0. The van der Waals surface area contributed by atoms with Crippen molar-refractivity contribution in [2.24, 2.45) is 0 Å². The first-order valence-corrected chi connectivity index (χ1v) is 7.22. The molecule has 0 amide bonds. The average Bonchev–Trinajstić information content (AvgIpc) is 2.79. The number of fused-ring (bicyclic) bond motifs is 1. The summed E-state index contributed by atoms with van der Waals surface area (Å²) in [5.74, 6) is 0. The molecule has 0 spiro atoms. The van der Waals surface area contributed by atoms with Crippen molar-refractivity contribution >= 4 is 22.4 Å². The van der Waals surface area contributed by atoms with Crippen LogP contribution < -0.4 is 10.4 Å². The molecule has 20 heavy (non-hydrogen) atoms. The Labute approximate surface area is 117 Å². The van der Waals surface area contributed by atoms with Gasteiger partial charge in [-0.1, -0.05) is 60.7 Å². The first-order valence-electron chi connectivity index (χ1n) is 7.22. The Morgan fingerprint density at radius 2 is 1.85 bits per heavy atom. The predicted octanol–water partition coefficient (Wildman–Crippen LogP) is 3.15. The van der Waals surface area contributed by atoms with Crippen molar-refractivity contribution in [2.45, 2.75) is 12.8 Å².